The Kier molecular flexibility index (Phi) is 6.51. The van der Waals surface area contributed by atoms with Crippen molar-refractivity contribution in [2.75, 3.05) is 40.3 Å². The van der Waals surface area contributed by atoms with Gasteiger partial charge in [0.15, 0.2) is 0 Å². The quantitative estimate of drug-likeness (QED) is 0.496. The van der Waals surface area contributed by atoms with E-state index in [4.69, 9.17) is 11.6 Å². The molecular formula is C27H29ClF2N4O2. The predicted octanol–water partition coefficient (Wildman–Crippen LogP) is 4.93. The topological polar surface area (TPSA) is 48.8 Å². The molecule has 36 heavy (non-hydrogen) atoms. The van der Waals surface area contributed by atoms with Crippen molar-refractivity contribution in [2.24, 2.45) is 0 Å². The van der Waals surface area contributed by atoms with Gasteiger partial charge in [-0.2, -0.15) is 0 Å². The minimum absolute atomic E-state index is 0.00532. The fourth-order valence-corrected chi connectivity index (χ4v) is 5.31. The number of alkyl halides is 2. The molecule has 2 aromatic carbocycles. The van der Waals surface area contributed by atoms with Crippen molar-refractivity contribution in [1.29, 1.82) is 0 Å². The van der Waals surface area contributed by atoms with E-state index in [9.17, 15) is 18.4 Å². The van der Waals surface area contributed by atoms with Gasteiger partial charge in [0.25, 0.3) is 17.7 Å². The zero-order chi connectivity index (χ0) is 25.6. The molecule has 0 radical (unpaired) electrons. The van der Waals surface area contributed by atoms with Gasteiger partial charge in [-0.05, 0) is 63.0 Å². The average Bonchev–Trinajstić information content (AvgIpc) is 3.48. The predicted molar refractivity (Wildman–Crippen MR) is 136 cm³/mol. The number of benzene rings is 2. The maximum absolute atomic E-state index is 13.7. The number of hydrogen-bond acceptors (Lipinski definition) is 3. The summed E-state index contributed by atoms with van der Waals surface area (Å²) < 4.78 is 29.2. The molecule has 1 unspecified atom stereocenters. The average molecular weight is 515 g/mol. The minimum Gasteiger partial charge on any atom is -0.337 e. The van der Waals surface area contributed by atoms with Crippen LogP contribution in [0, 0.1) is 0 Å². The van der Waals surface area contributed by atoms with Gasteiger partial charge >= 0.3 is 0 Å². The summed E-state index contributed by atoms with van der Waals surface area (Å²) in [4.78, 5) is 32.3. The van der Waals surface area contributed by atoms with E-state index in [0.717, 1.165) is 17.3 Å². The highest BCUT2D eigenvalue weighted by Gasteiger charge is 2.37. The van der Waals surface area contributed by atoms with Crippen molar-refractivity contribution >= 4 is 34.3 Å². The summed E-state index contributed by atoms with van der Waals surface area (Å²) in [7, 11) is 4.04. The number of carbonyl (C=O) groups excluding carboxylic acids is 2. The van der Waals surface area contributed by atoms with E-state index in [1.165, 1.54) is 4.90 Å². The number of likely N-dealkylation sites (N-methyl/N-ethyl adjacent to an activating group) is 1. The van der Waals surface area contributed by atoms with Crippen molar-refractivity contribution < 1.29 is 18.4 Å². The molecule has 5 rings (SSSR count). The molecule has 2 amide bonds. The van der Waals surface area contributed by atoms with Gasteiger partial charge in [0.2, 0.25) is 0 Å². The molecular weight excluding hydrogens is 486 g/mol. The molecule has 2 aliphatic rings. The normalized spacial score (nSPS) is 19.9. The van der Waals surface area contributed by atoms with E-state index in [1.54, 1.807) is 34.9 Å². The minimum atomic E-state index is -2.74. The largest absolute Gasteiger partial charge is 0.337 e. The lowest BCUT2D eigenvalue weighted by molar-refractivity contribution is -0.0495. The first-order valence-electron chi connectivity index (χ1n) is 12.2. The fourth-order valence-electron chi connectivity index (χ4n) is 5.13. The first kappa shape index (κ1) is 24.7. The number of amides is 2. The summed E-state index contributed by atoms with van der Waals surface area (Å²) in [5, 5.41) is 1.25. The summed E-state index contributed by atoms with van der Waals surface area (Å²) in [5.74, 6) is -3.10. The van der Waals surface area contributed by atoms with Gasteiger partial charge in [0.05, 0.1) is 5.52 Å². The molecule has 0 bridgehead atoms. The zero-order valence-corrected chi connectivity index (χ0v) is 21.1. The van der Waals surface area contributed by atoms with Crippen LogP contribution in [-0.2, 0) is 0 Å². The maximum Gasteiger partial charge on any atom is 0.270 e. The second-order valence-corrected chi connectivity index (χ2v) is 10.4. The van der Waals surface area contributed by atoms with E-state index < -0.39 is 5.92 Å². The summed E-state index contributed by atoms with van der Waals surface area (Å²) in [6.45, 7) is 1.37. The Morgan fingerprint density at radius 1 is 0.972 bits per heavy atom. The molecule has 1 atom stereocenters. The smallest absolute Gasteiger partial charge is 0.270 e. The Morgan fingerprint density at radius 3 is 2.39 bits per heavy atom. The third kappa shape index (κ3) is 4.72. The van der Waals surface area contributed by atoms with Crippen molar-refractivity contribution in [2.45, 2.75) is 31.2 Å². The van der Waals surface area contributed by atoms with Gasteiger partial charge in [0, 0.05) is 66.7 Å². The van der Waals surface area contributed by atoms with Crippen LogP contribution < -0.4 is 0 Å². The number of hydrogen-bond donors (Lipinski definition) is 0. The molecule has 2 fully saturated rings. The van der Waals surface area contributed by atoms with Crippen LogP contribution in [0.3, 0.4) is 0 Å². The van der Waals surface area contributed by atoms with Crippen LogP contribution in [0.5, 0.6) is 0 Å². The van der Waals surface area contributed by atoms with Crippen LogP contribution in [0.25, 0.3) is 16.6 Å². The molecule has 6 nitrogen and oxygen atoms in total. The molecule has 1 aromatic heterocycles. The van der Waals surface area contributed by atoms with Crippen molar-refractivity contribution in [1.82, 2.24) is 19.3 Å². The molecule has 0 aliphatic carbocycles. The maximum atomic E-state index is 13.7. The highest BCUT2D eigenvalue weighted by molar-refractivity contribution is 6.30. The summed E-state index contributed by atoms with van der Waals surface area (Å²) >= 11 is 6.25. The number of carbonyl (C=O) groups is 2. The van der Waals surface area contributed by atoms with Gasteiger partial charge in [-0.25, -0.2) is 8.78 Å². The summed E-state index contributed by atoms with van der Waals surface area (Å²) in [6, 6.07) is 14.7. The Bertz CT molecular complexity index is 1310. The SMILES string of the molecule is CN(C)C1CCN(C(=O)c2ccc3c(c2)cc(C(=O)N2CCC(F)(F)CC2)n3-c2cccc(Cl)c2)C1. The second-order valence-electron chi connectivity index (χ2n) is 9.92. The van der Waals surface area contributed by atoms with E-state index >= 15 is 0 Å². The van der Waals surface area contributed by atoms with Gasteiger partial charge in [0.1, 0.15) is 5.69 Å². The van der Waals surface area contributed by atoms with E-state index in [0.29, 0.717) is 41.1 Å². The number of rotatable bonds is 4. The lowest BCUT2D eigenvalue weighted by Crippen LogP contribution is -2.43. The highest BCUT2D eigenvalue weighted by atomic mass is 35.5. The Morgan fingerprint density at radius 2 is 1.72 bits per heavy atom. The summed E-state index contributed by atoms with van der Waals surface area (Å²) in [5.41, 5.74) is 2.35. The van der Waals surface area contributed by atoms with E-state index in [1.807, 2.05) is 37.2 Å². The van der Waals surface area contributed by atoms with Crippen LogP contribution >= 0.6 is 11.6 Å². The summed E-state index contributed by atoms with van der Waals surface area (Å²) in [6.07, 6.45) is 0.233. The third-order valence-corrected chi connectivity index (χ3v) is 7.53. The zero-order valence-electron chi connectivity index (χ0n) is 20.4. The van der Waals surface area contributed by atoms with E-state index in [2.05, 4.69) is 4.90 Å². The fraction of sp³-hybridized carbons (Fsp3) is 0.407. The van der Waals surface area contributed by atoms with E-state index in [-0.39, 0.29) is 37.7 Å². The monoisotopic (exact) mass is 514 g/mol. The lowest BCUT2D eigenvalue weighted by Gasteiger charge is -2.32. The Balaban J connectivity index is 1.53. The van der Waals surface area contributed by atoms with Crippen molar-refractivity contribution in [3.05, 3.63) is 64.8 Å². The Hall–Kier alpha value is -2.97. The van der Waals surface area contributed by atoms with Crippen LogP contribution in [0.1, 0.15) is 40.1 Å². The lowest BCUT2D eigenvalue weighted by atomic mass is 10.1. The first-order valence-corrected chi connectivity index (χ1v) is 12.5. The Labute approximate surface area is 214 Å². The third-order valence-electron chi connectivity index (χ3n) is 7.30. The van der Waals surface area contributed by atoms with Gasteiger partial charge in [-0.1, -0.05) is 17.7 Å². The van der Waals surface area contributed by atoms with Gasteiger partial charge in [-0.15, -0.1) is 0 Å². The van der Waals surface area contributed by atoms with Gasteiger partial charge < -0.3 is 19.3 Å². The van der Waals surface area contributed by atoms with Crippen LogP contribution in [0.15, 0.2) is 48.5 Å². The van der Waals surface area contributed by atoms with Crippen LogP contribution in [0.4, 0.5) is 8.78 Å². The van der Waals surface area contributed by atoms with Gasteiger partial charge in [-0.3, -0.25) is 9.59 Å². The molecule has 3 heterocycles. The van der Waals surface area contributed by atoms with Crippen molar-refractivity contribution in [3.63, 3.8) is 0 Å². The molecule has 9 heteroatoms. The number of halogens is 3. The number of likely N-dealkylation sites (tertiary alicyclic amines) is 2. The molecule has 0 saturated carbocycles. The number of fused-ring (bicyclic) bond motifs is 1. The van der Waals surface area contributed by atoms with Crippen LogP contribution in [-0.4, -0.2) is 83.3 Å². The number of piperidine rings is 1. The number of aromatic nitrogens is 1. The molecule has 3 aromatic rings. The van der Waals surface area contributed by atoms with Crippen molar-refractivity contribution in [3.8, 4) is 5.69 Å². The molecule has 0 spiro atoms. The molecule has 190 valence electrons. The molecule has 0 N–H and O–H groups in total. The highest BCUT2D eigenvalue weighted by Crippen LogP contribution is 2.32. The standard InChI is InChI=1S/C27H29ClF2N4O2/c1-31(2)22-8-11-33(17-22)25(35)18-6-7-23-19(14-18)15-24(34(23)21-5-3-4-20(28)16-21)26(36)32-12-9-27(29,30)10-13-32/h3-7,14-16,22H,8-13,17H2,1-2H3. The second kappa shape index (κ2) is 9.48. The number of nitrogens with zero attached hydrogens (tertiary/aromatic N) is 4. The van der Waals surface area contributed by atoms with Crippen LogP contribution in [0.2, 0.25) is 5.02 Å². The molecule has 2 saturated heterocycles. The molecule has 2 aliphatic heterocycles. The first-order chi connectivity index (χ1) is 17.1.